The summed E-state index contributed by atoms with van der Waals surface area (Å²) in [5, 5.41) is 12.1. The maximum absolute atomic E-state index is 12.3. The Morgan fingerprint density at radius 1 is 1.18 bits per heavy atom. The van der Waals surface area contributed by atoms with Crippen molar-refractivity contribution >= 4 is 11.9 Å². The average Bonchev–Trinajstić information content (AvgIpc) is 3.13. The van der Waals surface area contributed by atoms with Gasteiger partial charge in [0.15, 0.2) is 0 Å². The van der Waals surface area contributed by atoms with Crippen LogP contribution in [0, 0.1) is 11.8 Å². The average molecular weight is 310 g/mol. The summed E-state index contributed by atoms with van der Waals surface area (Å²) in [5.41, 5.74) is 0. The first-order chi connectivity index (χ1) is 10.7. The summed E-state index contributed by atoms with van der Waals surface area (Å²) in [6.45, 7) is 4.86. The van der Waals surface area contributed by atoms with Crippen LogP contribution in [0.25, 0.3) is 0 Å². The molecule has 22 heavy (non-hydrogen) atoms. The number of fused-ring (bicyclic) bond motifs is 2. The molecule has 4 atom stereocenters. The number of hydrogen-bond acceptors (Lipinski definition) is 5. The molecule has 3 aliphatic heterocycles. The Hall–Kier alpha value is -1.44. The van der Waals surface area contributed by atoms with Crippen LogP contribution in [0.1, 0.15) is 6.42 Å². The van der Waals surface area contributed by atoms with Gasteiger partial charge in [0.2, 0.25) is 5.91 Å². The lowest BCUT2D eigenvalue weighted by Crippen LogP contribution is -2.43. The Labute approximate surface area is 129 Å². The molecule has 0 unspecified atom stereocenters. The van der Waals surface area contributed by atoms with E-state index in [1.54, 1.807) is 12.2 Å². The molecule has 7 nitrogen and oxygen atoms in total. The first kappa shape index (κ1) is 15.5. The topological polar surface area (TPSA) is 88.1 Å². The predicted octanol–water partition coefficient (Wildman–Crippen LogP) is -0.521. The Morgan fingerprint density at radius 3 is 2.55 bits per heavy atom. The Kier molecular flexibility index (Phi) is 4.75. The van der Waals surface area contributed by atoms with Gasteiger partial charge in [0.05, 0.1) is 31.3 Å². The van der Waals surface area contributed by atoms with Crippen LogP contribution in [0.3, 0.4) is 0 Å². The van der Waals surface area contributed by atoms with Crippen LogP contribution in [-0.2, 0) is 19.1 Å². The highest BCUT2D eigenvalue weighted by atomic mass is 16.5. The van der Waals surface area contributed by atoms with Gasteiger partial charge >= 0.3 is 5.97 Å². The number of rotatable bonds is 6. The molecule has 3 rings (SSSR count). The van der Waals surface area contributed by atoms with Gasteiger partial charge in [-0.1, -0.05) is 12.2 Å². The molecule has 3 heterocycles. The van der Waals surface area contributed by atoms with Crippen molar-refractivity contribution in [3.05, 3.63) is 12.2 Å². The second-order valence-electron chi connectivity index (χ2n) is 5.94. The van der Waals surface area contributed by atoms with E-state index in [9.17, 15) is 14.7 Å². The van der Waals surface area contributed by atoms with E-state index in [0.717, 1.165) is 39.3 Å². The minimum atomic E-state index is -0.967. The van der Waals surface area contributed by atoms with Gasteiger partial charge in [0.1, 0.15) is 5.92 Å². The van der Waals surface area contributed by atoms with Crippen molar-refractivity contribution in [3.63, 3.8) is 0 Å². The second kappa shape index (κ2) is 6.76. The highest BCUT2D eigenvalue weighted by molar-refractivity contribution is 5.87. The molecule has 0 aliphatic carbocycles. The monoisotopic (exact) mass is 310 g/mol. The molecule has 0 spiro atoms. The number of nitrogens with one attached hydrogen (secondary N) is 1. The molecule has 0 aromatic rings. The molecule has 2 saturated heterocycles. The van der Waals surface area contributed by atoms with E-state index < -0.39 is 30.0 Å². The van der Waals surface area contributed by atoms with Gasteiger partial charge in [0.25, 0.3) is 0 Å². The maximum atomic E-state index is 12.3. The molecule has 122 valence electrons. The predicted molar refractivity (Wildman–Crippen MR) is 77.3 cm³/mol. The normalized spacial score (nSPS) is 34.0. The van der Waals surface area contributed by atoms with Gasteiger partial charge in [-0.2, -0.15) is 0 Å². The van der Waals surface area contributed by atoms with Gasteiger partial charge in [-0.3, -0.25) is 14.5 Å². The van der Waals surface area contributed by atoms with Crippen LogP contribution in [0.4, 0.5) is 0 Å². The number of carboxylic acid groups (broad SMARTS) is 1. The lowest BCUT2D eigenvalue weighted by molar-refractivity contribution is -0.146. The molecule has 0 saturated carbocycles. The largest absolute Gasteiger partial charge is 0.481 e. The summed E-state index contributed by atoms with van der Waals surface area (Å²) in [7, 11) is 0. The summed E-state index contributed by atoms with van der Waals surface area (Å²) < 4.78 is 10.8. The molecule has 2 fully saturated rings. The molecular weight excluding hydrogens is 288 g/mol. The first-order valence-electron chi connectivity index (χ1n) is 7.81. The molecule has 7 heteroatoms. The lowest BCUT2D eigenvalue weighted by atomic mass is 9.82. The lowest BCUT2D eigenvalue weighted by Gasteiger charge is -2.26. The quantitative estimate of drug-likeness (QED) is 0.507. The summed E-state index contributed by atoms with van der Waals surface area (Å²) in [4.78, 5) is 25.9. The fraction of sp³-hybridized carbons (Fsp3) is 0.733. The number of amides is 1. The highest BCUT2D eigenvalue weighted by Crippen LogP contribution is 2.39. The number of carbonyl (C=O) groups excluding carboxylic acids is 1. The molecule has 3 aliphatic rings. The van der Waals surface area contributed by atoms with Crippen molar-refractivity contribution < 1.29 is 24.2 Å². The smallest absolute Gasteiger partial charge is 0.310 e. The SMILES string of the molecule is O=C(O)[C@@H]1[C@@H](C(=O)NCCCN2CCOCC2)[C@@H]2C=C[C@@H]1O2. The summed E-state index contributed by atoms with van der Waals surface area (Å²) in [6.07, 6.45) is 3.52. The van der Waals surface area contributed by atoms with Crippen LogP contribution < -0.4 is 5.32 Å². The van der Waals surface area contributed by atoms with E-state index in [4.69, 9.17) is 9.47 Å². The van der Waals surface area contributed by atoms with Gasteiger partial charge in [0, 0.05) is 19.6 Å². The van der Waals surface area contributed by atoms with Crippen LogP contribution in [-0.4, -0.2) is 73.5 Å². The van der Waals surface area contributed by atoms with Crippen molar-refractivity contribution in [2.75, 3.05) is 39.4 Å². The van der Waals surface area contributed by atoms with E-state index in [2.05, 4.69) is 10.2 Å². The third kappa shape index (κ3) is 3.16. The maximum Gasteiger partial charge on any atom is 0.310 e. The minimum Gasteiger partial charge on any atom is -0.481 e. The first-order valence-corrected chi connectivity index (χ1v) is 7.81. The molecular formula is C15H22N2O5. The van der Waals surface area contributed by atoms with E-state index in [-0.39, 0.29) is 5.91 Å². The zero-order valence-corrected chi connectivity index (χ0v) is 12.4. The minimum absolute atomic E-state index is 0.216. The molecule has 2 N–H and O–H groups in total. The third-order valence-electron chi connectivity index (χ3n) is 4.54. The molecule has 2 bridgehead atoms. The number of ether oxygens (including phenoxy) is 2. The fourth-order valence-electron chi connectivity index (χ4n) is 3.37. The van der Waals surface area contributed by atoms with E-state index >= 15 is 0 Å². The zero-order chi connectivity index (χ0) is 15.5. The highest BCUT2D eigenvalue weighted by Gasteiger charge is 2.53. The van der Waals surface area contributed by atoms with Gasteiger partial charge in [-0.25, -0.2) is 0 Å². The van der Waals surface area contributed by atoms with E-state index in [1.807, 2.05) is 0 Å². The van der Waals surface area contributed by atoms with Crippen molar-refractivity contribution in [3.8, 4) is 0 Å². The molecule has 0 aromatic heterocycles. The number of carbonyl (C=O) groups is 2. The van der Waals surface area contributed by atoms with E-state index in [0.29, 0.717) is 6.54 Å². The number of carboxylic acids is 1. The molecule has 1 amide bonds. The number of aliphatic carboxylic acids is 1. The number of morpholine rings is 1. The Balaban J connectivity index is 1.43. The summed E-state index contributed by atoms with van der Waals surface area (Å²) in [6, 6.07) is 0. The summed E-state index contributed by atoms with van der Waals surface area (Å²) in [5.74, 6) is -2.57. The Morgan fingerprint density at radius 2 is 1.86 bits per heavy atom. The Bertz CT molecular complexity index is 461. The standard InChI is InChI=1S/C15H22N2O5/c18-14(16-4-1-5-17-6-8-21-9-7-17)12-10-2-3-11(22-10)13(12)15(19)20/h2-3,10-13H,1,4-9H2,(H,16,18)(H,19,20)/t10-,11-,12-,13-/m0/s1. The molecule has 0 radical (unpaired) electrons. The second-order valence-corrected chi connectivity index (χ2v) is 5.94. The summed E-state index contributed by atoms with van der Waals surface area (Å²) >= 11 is 0. The fourth-order valence-corrected chi connectivity index (χ4v) is 3.37. The number of nitrogens with zero attached hydrogens (tertiary/aromatic N) is 1. The van der Waals surface area contributed by atoms with Crippen LogP contribution in [0.2, 0.25) is 0 Å². The number of hydrogen-bond donors (Lipinski definition) is 2. The van der Waals surface area contributed by atoms with Crippen molar-refractivity contribution in [1.29, 1.82) is 0 Å². The van der Waals surface area contributed by atoms with Crippen molar-refractivity contribution in [2.24, 2.45) is 11.8 Å². The third-order valence-corrected chi connectivity index (χ3v) is 4.54. The van der Waals surface area contributed by atoms with Gasteiger partial charge in [-0.05, 0) is 13.0 Å². The van der Waals surface area contributed by atoms with Crippen LogP contribution >= 0.6 is 0 Å². The van der Waals surface area contributed by atoms with Crippen molar-refractivity contribution in [1.82, 2.24) is 10.2 Å². The van der Waals surface area contributed by atoms with Gasteiger partial charge in [-0.15, -0.1) is 0 Å². The van der Waals surface area contributed by atoms with Crippen LogP contribution in [0.5, 0.6) is 0 Å². The van der Waals surface area contributed by atoms with E-state index in [1.165, 1.54) is 0 Å². The van der Waals surface area contributed by atoms with Gasteiger partial charge < -0.3 is 19.9 Å². The molecule has 0 aromatic carbocycles. The van der Waals surface area contributed by atoms with Crippen LogP contribution in [0.15, 0.2) is 12.2 Å². The van der Waals surface area contributed by atoms with Crippen molar-refractivity contribution in [2.45, 2.75) is 18.6 Å². The zero-order valence-electron chi connectivity index (χ0n) is 12.4.